The van der Waals surface area contributed by atoms with E-state index in [4.69, 9.17) is 10.7 Å². The highest BCUT2D eigenvalue weighted by Gasteiger charge is 2.11. The molecule has 0 aromatic rings. The molecule has 0 saturated carbocycles. The molecule has 1 atom stereocenters. The highest BCUT2D eigenvalue weighted by molar-refractivity contribution is 9.12. The maximum Gasteiger partial charge on any atom is 0.148 e. The van der Waals surface area contributed by atoms with Crippen molar-refractivity contribution >= 4 is 45.4 Å². The fourth-order valence-corrected chi connectivity index (χ4v) is 2.28. The Morgan fingerprint density at radius 3 is 2.58 bits per heavy atom. The number of hydrogen-bond donors (Lipinski definition) is 0. The first-order valence-corrected chi connectivity index (χ1v) is 6.74. The van der Waals surface area contributed by atoms with Crippen LogP contribution >= 0.6 is 37.6 Å². The predicted octanol–water partition coefficient (Wildman–Crippen LogP) is 3.41. The Morgan fingerprint density at radius 1 is 1.67 bits per heavy atom. The van der Waals surface area contributed by atoms with E-state index in [0.29, 0.717) is 11.8 Å². The number of rotatable bonds is 5. The van der Waals surface area contributed by atoms with Gasteiger partial charge in [-0.15, -0.1) is 0 Å². The second kappa shape index (κ2) is 7.34. The topological polar surface area (TPSA) is 0 Å². The van der Waals surface area contributed by atoms with E-state index in [9.17, 15) is 0 Å². The molecule has 4 heteroatoms. The monoisotopic (exact) mass is 268 g/mol. The largest absolute Gasteiger partial charge is 0.148 e. The van der Waals surface area contributed by atoms with E-state index in [0.717, 1.165) is 12.2 Å². The summed E-state index contributed by atoms with van der Waals surface area (Å²) < 4.78 is 1.22. The first-order chi connectivity index (χ1) is 5.57. The van der Waals surface area contributed by atoms with Crippen LogP contribution in [0.4, 0.5) is 0 Å². The van der Waals surface area contributed by atoms with Crippen LogP contribution in [0.25, 0.3) is 0 Å². The van der Waals surface area contributed by atoms with Crippen LogP contribution in [0, 0.1) is 11.8 Å². The molecule has 0 amide bonds. The summed E-state index contributed by atoms with van der Waals surface area (Å²) in [5.41, 5.74) is 0. The van der Waals surface area contributed by atoms with Crippen LogP contribution in [0.3, 0.4) is 0 Å². The van der Waals surface area contributed by atoms with E-state index in [-0.39, 0.29) is 0 Å². The maximum absolute atomic E-state index is 5.64. The molecule has 0 spiro atoms. The molecule has 12 heavy (non-hydrogen) atoms. The SMILES string of the molecule is B/C(Br)=C/CC(CSCl)C(C)C. The van der Waals surface area contributed by atoms with E-state index in [2.05, 4.69) is 43.7 Å². The third-order valence-corrected chi connectivity index (χ3v) is 3.18. The molecule has 0 aromatic carbocycles. The van der Waals surface area contributed by atoms with Crippen molar-refractivity contribution in [1.29, 1.82) is 0 Å². The van der Waals surface area contributed by atoms with Gasteiger partial charge in [0.05, 0.1) is 0 Å². The highest BCUT2D eigenvalue weighted by atomic mass is 79.9. The second-order valence-electron chi connectivity index (χ2n) is 3.31. The zero-order chi connectivity index (χ0) is 9.56. The van der Waals surface area contributed by atoms with Crippen molar-refractivity contribution in [3.63, 3.8) is 0 Å². The van der Waals surface area contributed by atoms with Crippen LogP contribution in [0.2, 0.25) is 0 Å². The molecule has 0 aliphatic heterocycles. The van der Waals surface area contributed by atoms with Gasteiger partial charge in [-0.1, -0.05) is 51.2 Å². The number of hydrogen-bond acceptors (Lipinski definition) is 1. The van der Waals surface area contributed by atoms with Gasteiger partial charge in [-0.2, -0.15) is 0 Å². The quantitative estimate of drug-likeness (QED) is 0.689. The summed E-state index contributed by atoms with van der Waals surface area (Å²) in [7, 11) is 9.12. The van der Waals surface area contributed by atoms with Gasteiger partial charge in [-0.05, 0) is 28.9 Å². The Hall–Kier alpha value is 0.925. The smallest absolute Gasteiger partial charge is 0.0839 e. The van der Waals surface area contributed by atoms with Crippen molar-refractivity contribution in [2.45, 2.75) is 20.3 Å². The van der Waals surface area contributed by atoms with Crippen molar-refractivity contribution in [3.05, 3.63) is 10.5 Å². The molecule has 70 valence electrons. The standard InChI is InChI=1S/C8H15BBrClS/c1-6(2)7(5-12-11)3-4-8(9)10/h4,6-7H,3,5,9H2,1-2H3/b8-4-. The van der Waals surface area contributed by atoms with Gasteiger partial charge in [0.2, 0.25) is 0 Å². The summed E-state index contributed by atoms with van der Waals surface area (Å²) >= 11 is 3.42. The highest BCUT2D eigenvalue weighted by Crippen LogP contribution is 2.23. The zero-order valence-electron chi connectivity index (χ0n) is 7.81. The van der Waals surface area contributed by atoms with Gasteiger partial charge in [-0.25, -0.2) is 0 Å². The summed E-state index contributed by atoms with van der Waals surface area (Å²) in [6, 6.07) is 0. The molecule has 0 aliphatic carbocycles. The van der Waals surface area contributed by atoms with Crippen LogP contribution < -0.4 is 0 Å². The van der Waals surface area contributed by atoms with E-state index >= 15 is 0 Å². The van der Waals surface area contributed by atoms with Crippen LogP contribution in [-0.2, 0) is 0 Å². The molecular formula is C8H15BBrClS. The third kappa shape index (κ3) is 6.44. The van der Waals surface area contributed by atoms with Crippen molar-refractivity contribution in [2.75, 3.05) is 5.75 Å². The lowest BCUT2D eigenvalue weighted by Crippen LogP contribution is -2.09. The van der Waals surface area contributed by atoms with Crippen molar-refractivity contribution in [3.8, 4) is 0 Å². The molecule has 0 bridgehead atoms. The van der Waals surface area contributed by atoms with E-state index < -0.39 is 0 Å². The summed E-state index contributed by atoms with van der Waals surface area (Å²) in [5, 5.41) is 0. The number of allylic oxidation sites excluding steroid dienone is 1. The summed E-state index contributed by atoms with van der Waals surface area (Å²) in [4.78, 5) is 0. The molecule has 1 unspecified atom stereocenters. The van der Waals surface area contributed by atoms with E-state index in [1.165, 1.54) is 15.4 Å². The Morgan fingerprint density at radius 2 is 2.25 bits per heavy atom. The zero-order valence-corrected chi connectivity index (χ0v) is 11.0. The normalized spacial score (nSPS) is 15.2. The fourth-order valence-electron chi connectivity index (χ4n) is 0.927. The number of halogens is 2. The van der Waals surface area contributed by atoms with Gasteiger partial charge >= 0.3 is 0 Å². The molecule has 0 aliphatic rings. The fraction of sp³-hybridized carbons (Fsp3) is 0.750. The van der Waals surface area contributed by atoms with Gasteiger partial charge in [0.15, 0.2) is 0 Å². The van der Waals surface area contributed by atoms with Crippen LogP contribution in [0.1, 0.15) is 20.3 Å². The molecule has 0 heterocycles. The maximum atomic E-state index is 5.64. The van der Waals surface area contributed by atoms with Crippen molar-refractivity contribution < 1.29 is 0 Å². The second-order valence-corrected chi connectivity index (χ2v) is 5.76. The van der Waals surface area contributed by atoms with Crippen molar-refractivity contribution in [1.82, 2.24) is 0 Å². The van der Waals surface area contributed by atoms with Gasteiger partial charge in [0, 0.05) is 5.75 Å². The van der Waals surface area contributed by atoms with E-state index in [1.54, 1.807) is 0 Å². The first kappa shape index (κ1) is 12.9. The first-order valence-electron chi connectivity index (χ1n) is 4.13. The Bertz CT molecular complexity index is 146. The molecule has 0 aromatic heterocycles. The average molecular weight is 269 g/mol. The lowest BCUT2D eigenvalue weighted by atomic mass is 9.93. The molecule has 0 nitrogen and oxygen atoms in total. The lowest BCUT2D eigenvalue weighted by Gasteiger charge is -2.17. The minimum atomic E-state index is 0.694. The minimum Gasteiger partial charge on any atom is -0.0839 e. The van der Waals surface area contributed by atoms with Gasteiger partial charge in [-0.3, -0.25) is 0 Å². The Balaban J connectivity index is 3.87. The van der Waals surface area contributed by atoms with Gasteiger partial charge < -0.3 is 0 Å². The van der Waals surface area contributed by atoms with Crippen molar-refractivity contribution in [2.24, 2.45) is 11.8 Å². The minimum absolute atomic E-state index is 0.694. The summed E-state index contributed by atoms with van der Waals surface area (Å²) in [5.74, 6) is 2.44. The molecule has 0 N–H and O–H groups in total. The summed E-state index contributed by atoms with van der Waals surface area (Å²) in [6.45, 7) is 4.49. The van der Waals surface area contributed by atoms with Gasteiger partial charge in [0.1, 0.15) is 7.85 Å². The van der Waals surface area contributed by atoms with E-state index in [1.807, 2.05) is 0 Å². The predicted molar refractivity (Wildman–Crippen MR) is 66.8 cm³/mol. The molecule has 0 fully saturated rings. The molecule has 0 rings (SSSR count). The molecule has 0 radical (unpaired) electrons. The van der Waals surface area contributed by atoms with Crippen LogP contribution in [0.5, 0.6) is 0 Å². The average Bonchev–Trinajstić information content (AvgIpc) is 1.96. The van der Waals surface area contributed by atoms with Crippen LogP contribution in [-0.4, -0.2) is 13.6 Å². The molecular weight excluding hydrogens is 254 g/mol. The lowest BCUT2D eigenvalue weighted by molar-refractivity contribution is 0.432. The summed E-state index contributed by atoms with van der Waals surface area (Å²) in [6.07, 6.45) is 3.34. The Labute approximate surface area is 93.6 Å². The Kier molecular flexibility index (Phi) is 7.91. The molecule has 0 saturated heterocycles. The third-order valence-electron chi connectivity index (χ3n) is 1.92. The van der Waals surface area contributed by atoms with Crippen LogP contribution in [0.15, 0.2) is 10.5 Å². The van der Waals surface area contributed by atoms with Gasteiger partial charge in [0.25, 0.3) is 0 Å².